The molecule has 0 atom stereocenters. The van der Waals surface area contributed by atoms with Gasteiger partial charge in [0.05, 0.1) is 7.51 Å². The monoisotopic (exact) mass is 115 g/mol. The Labute approximate surface area is 37.9 Å². The summed E-state index contributed by atoms with van der Waals surface area (Å²) in [7, 11) is 0.500. The van der Waals surface area contributed by atoms with Gasteiger partial charge in [-0.3, -0.25) is 5.50 Å². The molecule has 0 radical (unpaired) electrons. The molecule has 0 rings (SSSR count). The lowest BCUT2D eigenvalue weighted by Crippen LogP contribution is -1.51. The fraction of sp³-hybridized carbons (Fsp3) is 0. The molecule has 0 heterocycles. The van der Waals surface area contributed by atoms with Gasteiger partial charge in [0.25, 0.3) is 0 Å². The molecule has 0 spiro atoms. The van der Waals surface area contributed by atoms with Crippen LogP contribution in [0.4, 0.5) is 0 Å². The maximum atomic E-state index is 4.63. The maximum absolute atomic E-state index is 4.63. The van der Waals surface area contributed by atoms with Crippen LogP contribution in [0.2, 0.25) is 0 Å². The van der Waals surface area contributed by atoms with E-state index in [1.807, 2.05) is 0 Å². The first-order valence-corrected chi connectivity index (χ1v) is 2.42. The van der Waals surface area contributed by atoms with Gasteiger partial charge in [-0.1, -0.05) is 0 Å². The average molecular weight is 116 g/mol. The molecule has 1 nitrogen and oxygen atoms in total. The Morgan fingerprint density at radius 2 is 1.75 bits per heavy atom. The second-order valence-corrected chi connectivity index (χ2v) is 0.949. The fourth-order valence-corrected chi connectivity index (χ4v) is 0. The second kappa shape index (κ2) is 9.23. The summed E-state index contributed by atoms with van der Waals surface area (Å²) in [6, 6.07) is 0. The van der Waals surface area contributed by atoms with Gasteiger partial charge >= 0.3 is 0 Å². The Kier molecular flexibility index (Phi) is 20.4. The Balaban J connectivity index is 0. The number of nitrogens with two attached hydrogens (primary N) is 1. The molecule has 4 heavy (non-hydrogen) atoms. The Morgan fingerprint density at radius 1 is 1.75 bits per heavy atom. The SMILES string of the molecule is Cl.NP=S. The van der Waals surface area contributed by atoms with Gasteiger partial charge in [0.1, 0.15) is 0 Å². The van der Waals surface area contributed by atoms with Gasteiger partial charge in [-0.2, -0.15) is 0 Å². The van der Waals surface area contributed by atoms with E-state index >= 15 is 0 Å². The van der Waals surface area contributed by atoms with Gasteiger partial charge in [-0.25, -0.2) is 0 Å². The minimum atomic E-state index is 0. The van der Waals surface area contributed by atoms with Gasteiger partial charge in [0.15, 0.2) is 0 Å². The number of halogens is 1. The van der Waals surface area contributed by atoms with Crippen LogP contribution in [0.15, 0.2) is 0 Å². The molecule has 0 amide bonds. The molecule has 0 aromatic heterocycles. The molecule has 0 aromatic carbocycles. The fourth-order valence-electron chi connectivity index (χ4n) is 0. The first kappa shape index (κ1) is 8.84. The summed E-state index contributed by atoms with van der Waals surface area (Å²) in [4.78, 5) is 0. The topological polar surface area (TPSA) is 26.0 Å². The van der Waals surface area contributed by atoms with E-state index < -0.39 is 0 Å². The van der Waals surface area contributed by atoms with E-state index in [2.05, 4.69) is 17.3 Å². The maximum Gasteiger partial charge on any atom is 0.0555 e. The molecule has 0 fully saturated rings. The molecule has 2 N–H and O–H groups in total. The van der Waals surface area contributed by atoms with E-state index in [1.54, 1.807) is 0 Å². The summed E-state index contributed by atoms with van der Waals surface area (Å²) in [6.07, 6.45) is 0. The lowest BCUT2D eigenvalue weighted by molar-refractivity contribution is 2.05. The van der Waals surface area contributed by atoms with Crippen LogP contribution in [0, 0.1) is 0 Å². The Bertz CT molecular complexity index is 15.5. The third-order valence-corrected chi connectivity index (χ3v) is 0. The summed E-state index contributed by atoms with van der Waals surface area (Å²) < 4.78 is 0. The molecule has 0 unspecified atom stereocenters. The summed E-state index contributed by atoms with van der Waals surface area (Å²) >= 11 is 4.14. The highest BCUT2D eigenvalue weighted by atomic mass is 35.5. The van der Waals surface area contributed by atoms with Crippen LogP contribution in [0.1, 0.15) is 0 Å². The molecule has 0 aliphatic heterocycles. The molecule has 4 heteroatoms. The van der Waals surface area contributed by atoms with Gasteiger partial charge in [0, 0.05) is 0 Å². The van der Waals surface area contributed by atoms with Crippen molar-refractivity contribution >= 4 is 31.7 Å². The minimum absolute atomic E-state index is 0. The van der Waals surface area contributed by atoms with Crippen LogP contribution in [-0.4, -0.2) is 0 Å². The molecule has 26 valence electrons. The summed E-state index contributed by atoms with van der Waals surface area (Å²) in [5.74, 6) is 0. The summed E-state index contributed by atoms with van der Waals surface area (Å²) in [5, 5.41) is 0. The summed E-state index contributed by atoms with van der Waals surface area (Å²) in [5.41, 5.74) is 4.63. The minimum Gasteiger partial charge on any atom is -0.276 e. The lowest BCUT2D eigenvalue weighted by Gasteiger charge is -1.31. The number of rotatable bonds is 0. The predicted octanol–water partition coefficient (Wildman–Crippen LogP) is 0.690. The summed E-state index contributed by atoms with van der Waals surface area (Å²) in [6.45, 7) is 0. The van der Waals surface area contributed by atoms with Gasteiger partial charge in [0.2, 0.25) is 0 Å². The first-order valence-electron chi connectivity index (χ1n) is 0.441. The molecular weight excluding hydrogens is 113 g/mol. The Hall–Kier alpha value is 0.770. The van der Waals surface area contributed by atoms with Crippen molar-refractivity contribution in [3.05, 3.63) is 0 Å². The molecule has 0 aliphatic carbocycles. The highest BCUT2D eigenvalue weighted by Crippen LogP contribution is 1.57. The van der Waals surface area contributed by atoms with Gasteiger partial charge < -0.3 is 0 Å². The third kappa shape index (κ3) is 14.6. The van der Waals surface area contributed by atoms with Crippen LogP contribution in [-0.2, 0) is 11.8 Å². The zero-order valence-electron chi connectivity index (χ0n) is 1.84. The van der Waals surface area contributed by atoms with Crippen LogP contribution in [0.25, 0.3) is 0 Å². The number of hydrogen-bond donors (Lipinski definition) is 1. The average Bonchev–Trinajstić information content (AvgIpc) is 0.918. The van der Waals surface area contributed by atoms with Crippen LogP contribution in [0.3, 0.4) is 0 Å². The van der Waals surface area contributed by atoms with Gasteiger partial charge in [-0.05, 0) is 11.8 Å². The van der Waals surface area contributed by atoms with Gasteiger partial charge in [-0.15, -0.1) is 12.4 Å². The molecule has 0 bridgehead atoms. The second-order valence-electron chi connectivity index (χ2n) is 0.105. The molecular formula is H3ClNPS. The third-order valence-electron chi connectivity index (χ3n) is 0. The molecule has 0 saturated carbocycles. The van der Waals surface area contributed by atoms with Crippen molar-refractivity contribution in [2.45, 2.75) is 0 Å². The van der Waals surface area contributed by atoms with Crippen molar-refractivity contribution in [2.24, 2.45) is 5.50 Å². The van der Waals surface area contributed by atoms with Crippen molar-refractivity contribution in [3.63, 3.8) is 0 Å². The van der Waals surface area contributed by atoms with E-state index in [-0.39, 0.29) is 12.4 Å². The first-order chi connectivity index (χ1) is 1.41. The van der Waals surface area contributed by atoms with Crippen LogP contribution in [0.5, 0.6) is 0 Å². The zero-order valence-corrected chi connectivity index (χ0v) is 4.37. The van der Waals surface area contributed by atoms with Crippen molar-refractivity contribution in [2.75, 3.05) is 0 Å². The Morgan fingerprint density at radius 3 is 1.75 bits per heavy atom. The van der Waals surface area contributed by atoms with Crippen molar-refractivity contribution in [1.82, 2.24) is 0 Å². The van der Waals surface area contributed by atoms with Crippen LogP contribution >= 0.6 is 19.9 Å². The number of hydrogen-bond acceptors (Lipinski definition) is 1. The molecule has 0 saturated heterocycles. The van der Waals surface area contributed by atoms with Crippen molar-refractivity contribution in [3.8, 4) is 0 Å². The normalized spacial score (nSPS) is 5.25. The highest BCUT2D eigenvalue weighted by Gasteiger charge is 1.17. The zero-order chi connectivity index (χ0) is 2.71. The smallest absolute Gasteiger partial charge is 0.0555 e. The van der Waals surface area contributed by atoms with E-state index in [0.717, 1.165) is 0 Å². The lowest BCUT2D eigenvalue weighted by atomic mass is 13.9. The van der Waals surface area contributed by atoms with E-state index in [1.165, 1.54) is 0 Å². The van der Waals surface area contributed by atoms with E-state index in [0.29, 0.717) is 7.51 Å². The molecule has 0 aromatic rings. The van der Waals surface area contributed by atoms with Crippen molar-refractivity contribution < 1.29 is 0 Å². The largest absolute Gasteiger partial charge is 0.276 e. The van der Waals surface area contributed by atoms with Crippen molar-refractivity contribution in [1.29, 1.82) is 0 Å². The standard InChI is InChI=1S/ClH.H2NPS/c;1-2-3/h1H;(H2,1,3). The molecule has 0 aliphatic rings. The van der Waals surface area contributed by atoms with Crippen LogP contribution < -0.4 is 5.50 Å². The van der Waals surface area contributed by atoms with E-state index in [4.69, 9.17) is 0 Å². The van der Waals surface area contributed by atoms with E-state index in [9.17, 15) is 0 Å². The predicted molar refractivity (Wildman–Crippen MR) is 25.7 cm³/mol. The quantitative estimate of drug-likeness (QED) is 0.470. The highest BCUT2D eigenvalue weighted by molar-refractivity contribution is 7.95.